The van der Waals surface area contributed by atoms with Gasteiger partial charge in [0.05, 0.1) is 0 Å². The Labute approximate surface area is 141 Å². The second-order valence-corrected chi connectivity index (χ2v) is 7.23. The number of unbranched alkanes of at least 4 members (excludes halogenated alkanes) is 7. The van der Waals surface area contributed by atoms with Crippen LogP contribution in [0.2, 0.25) is 0 Å². The molecule has 4 nitrogen and oxygen atoms in total. The maximum Gasteiger partial charge on any atom is 0.472 e. The minimum absolute atomic E-state index is 1.26. The van der Waals surface area contributed by atoms with Crippen LogP contribution < -0.4 is 0 Å². The highest BCUT2D eigenvalue weighted by molar-refractivity contribution is 7.86. The van der Waals surface area contributed by atoms with Crippen molar-refractivity contribution in [1.82, 2.24) is 4.90 Å². The molecule has 148 valence electrons. The Hall–Kier alpha value is -0.480. The third kappa shape index (κ3) is 12.0. The van der Waals surface area contributed by atoms with E-state index in [1.54, 1.807) is 0 Å². The van der Waals surface area contributed by atoms with Crippen molar-refractivity contribution >= 4 is 10.1 Å². The van der Waals surface area contributed by atoms with Gasteiger partial charge < -0.3 is 4.90 Å². The fourth-order valence-corrected chi connectivity index (χ4v) is 2.00. The Morgan fingerprint density at radius 1 is 0.833 bits per heavy atom. The molecule has 24 heavy (non-hydrogen) atoms. The molecular formula is C14H28F5NO3S. The monoisotopic (exact) mass is 385 g/mol. The lowest BCUT2D eigenvalue weighted by molar-refractivity contribution is -0.243. The van der Waals surface area contributed by atoms with Crippen molar-refractivity contribution in [1.29, 1.82) is 0 Å². The molecule has 0 atom stereocenters. The first-order valence-corrected chi connectivity index (χ1v) is 9.27. The van der Waals surface area contributed by atoms with E-state index in [4.69, 9.17) is 4.55 Å². The van der Waals surface area contributed by atoms with Crippen LogP contribution in [0.3, 0.4) is 0 Å². The summed E-state index contributed by atoms with van der Waals surface area (Å²) in [5, 5.41) is -6.10. The topological polar surface area (TPSA) is 57.6 Å². The lowest BCUT2D eigenvalue weighted by atomic mass is 10.1. The Balaban J connectivity index is 0. The summed E-state index contributed by atoms with van der Waals surface area (Å²) in [5.74, 6) is 0. The summed E-state index contributed by atoms with van der Waals surface area (Å²) in [6, 6.07) is 0. The molecule has 0 aromatic rings. The molecule has 0 rings (SSSR count). The van der Waals surface area contributed by atoms with Crippen molar-refractivity contribution in [2.75, 3.05) is 20.6 Å². The molecule has 0 aromatic heterocycles. The minimum Gasteiger partial charge on any atom is -0.309 e. The first kappa shape index (κ1) is 25.8. The molecule has 10 heteroatoms. The molecule has 0 amide bonds. The molecule has 1 N–H and O–H groups in total. The lowest BCUT2D eigenvalue weighted by Gasteiger charge is -2.15. The van der Waals surface area contributed by atoms with Gasteiger partial charge in [0.2, 0.25) is 0 Å². The van der Waals surface area contributed by atoms with Gasteiger partial charge >= 0.3 is 21.5 Å². The summed E-state index contributed by atoms with van der Waals surface area (Å²) in [7, 11) is -2.11. The standard InChI is InChI=1S/C12H27N.C2HF5O3S/c1-4-5-6-7-8-9-10-11-12-13(2)3;3-1(4,5)2(6,7)11(8,9)10/h4-12H2,1-3H3;(H,8,9,10). The summed E-state index contributed by atoms with van der Waals surface area (Å²) in [6.45, 7) is 3.53. The molecule has 0 aliphatic rings. The van der Waals surface area contributed by atoms with Gasteiger partial charge in [0.25, 0.3) is 0 Å². The van der Waals surface area contributed by atoms with Gasteiger partial charge in [0.15, 0.2) is 0 Å². The highest BCUT2D eigenvalue weighted by atomic mass is 32.2. The Bertz CT molecular complexity index is 411. The molecule has 0 heterocycles. The van der Waals surface area contributed by atoms with Gasteiger partial charge in [0.1, 0.15) is 0 Å². The first-order chi connectivity index (χ1) is 10.8. The summed E-state index contributed by atoms with van der Waals surface area (Å²) < 4.78 is 82.2. The Kier molecular flexibility index (Phi) is 12.8. The number of halogens is 5. The van der Waals surface area contributed by atoms with Crippen LogP contribution in [0.25, 0.3) is 0 Å². The maximum atomic E-state index is 11.5. The van der Waals surface area contributed by atoms with Crippen LogP contribution >= 0.6 is 0 Å². The van der Waals surface area contributed by atoms with E-state index in [1.807, 2.05) is 0 Å². The third-order valence-electron chi connectivity index (χ3n) is 3.11. The minimum atomic E-state index is -6.42. The van der Waals surface area contributed by atoms with E-state index in [0.29, 0.717) is 0 Å². The highest BCUT2D eigenvalue weighted by Crippen LogP contribution is 2.38. The number of alkyl halides is 5. The van der Waals surface area contributed by atoms with Crippen molar-refractivity contribution in [3.05, 3.63) is 0 Å². The van der Waals surface area contributed by atoms with Gasteiger partial charge in [-0.1, -0.05) is 51.9 Å². The van der Waals surface area contributed by atoms with Crippen molar-refractivity contribution in [3.63, 3.8) is 0 Å². The van der Waals surface area contributed by atoms with Gasteiger partial charge in [-0.15, -0.1) is 0 Å². The fourth-order valence-electron chi connectivity index (χ4n) is 1.71. The second kappa shape index (κ2) is 12.0. The average molecular weight is 385 g/mol. The van der Waals surface area contributed by atoms with E-state index in [0.717, 1.165) is 0 Å². The molecule has 0 bridgehead atoms. The molecule has 0 fully saturated rings. The smallest absolute Gasteiger partial charge is 0.309 e. The van der Waals surface area contributed by atoms with Crippen molar-refractivity contribution in [2.24, 2.45) is 0 Å². The van der Waals surface area contributed by atoms with E-state index in [-0.39, 0.29) is 0 Å². The van der Waals surface area contributed by atoms with E-state index < -0.39 is 21.5 Å². The molecule has 0 spiro atoms. The number of nitrogens with zero attached hydrogens (tertiary/aromatic N) is 1. The molecular weight excluding hydrogens is 357 g/mol. The van der Waals surface area contributed by atoms with Crippen LogP contribution in [0.1, 0.15) is 58.3 Å². The van der Waals surface area contributed by atoms with E-state index in [9.17, 15) is 30.4 Å². The Morgan fingerprint density at radius 2 is 1.21 bits per heavy atom. The van der Waals surface area contributed by atoms with Gasteiger partial charge in [-0.3, -0.25) is 4.55 Å². The molecule has 0 unspecified atom stereocenters. The lowest BCUT2D eigenvalue weighted by Crippen LogP contribution is -2.43. The van der Waals surface area contributed by atoms with Crippen LogP contribution in [0.4, 0.5) is 22.0 Å². The quantitative estimate of drug-likeness (QED) is 0.336. The van der Waals surface area contributed by atoms with Crippen molar-refractivity contribution in [2.45, 2.75) is 69.7 Å². The summed E-state index contributed by atoms with van der Waals surface area (Å²) >= 11 is 0. The van der Waals surface area contributed by atoms with E-state index >= 15 is 0 Å². The predicted octanol–water partition coefficient (Wildman–Crippen LogP) is 4.72. The maximum absolute atomic E-state index is 11.5. The van der Waals surface area contributed by atoms with Crippen molar-refractivity contribution < 1.29 is 34.9 Å². The van der Waals surface area contributed by atoms with Gasteiger partial charge in [-0.25, -0.2) is 0 Å². The van der Waals surface area contributed by atoms with Gasteiger partial charge in [-0.05, 0) is 27.1 Å². The first-order valence-electron chi connectivity index (χ1n) is 7.83. The molecule has 0 aliphatic carbocycles. The number of hydrogen-bond donors (Lipinski definition) is 1. The molecule has 0 aromatic carbocycles. The predicted molar refractivity (Wildman–Crippen MR) is 83.7 cm³/mol. The fraction of sp³-hybridized carbons (Fsp3) is 1.00. The summed E-state index contributed by atoms with van der Waals surface area (Å²) in [5.41, 5.74) is 0. The average Bonchev–Trinajstić information content (AvgIpc) is 2.39. The zero-order valence-corrected chi connectivity index (χ0v) is 15.2. The van der Waals surface area contributed by atoms with Crippen LogP contribution in [-0.2, 0) is 10.1 Å². The van der Waals surface area contributed by atoms with Crippen molar-refractivity contribution in [3.8, 4) is 0 Å². The van der Waals surface area contributed by atoms with Crippen LogP contribution in [-0.4, -0.2) is 49.9 Å². The van der Waals surface area contributed by atoms with Crippen LogP contribution in [0.15, 0.2) is 0 Å². The summed E-state index contributed by atoms with van der Waals surface area (Å²) in [4.78, 5) is 2.27. The molecule has 0 saturated carbocycles. The third-order valence-corrected chi connectivity index (χ3v) is 3.99. The zero-order valence-electron chi connectivity index (χ0n) is 14.4. The number of hydrogen-bond acceptors (Lipinski definition) is 3. The molecule has 0 aliphatic heterocycles. The summed E-state index contributed by atoms with van der Waals surface area (Å²) in [6.07, 6.45) is 5.09. The Morgan fingerprint density at radius 3 is 1.46 bits per heavy atom. The van der Waals surface area contributed by atoms with E-state index in [2.05, 4.69) is 25.9 Å². The van der Waals surface area contributed by atoms with E-state index in [1.165, 1.54) is 57.9 Å². The zero-order chi connectivity index (χ0) is 19.4. The largest absolute Gasteiger partial charge is 0.472 e. The van der Waals surface area contributed by atoms with Gasteiger partial charge in [-0.2, -0.15) is 30.4 Å². The second-order valence-electron chi connectivity index (χ2n) is 5.77. The molecule has 0 saturated heterocycles. The number of rotatable bonds is 10. The normalized spacial score (nSPS) is 12.9. The van der Waals surface area contributed by atoms with Crippen LogP contribution in [0.5, 0.6) is 0 Å². The highest BCUT2D eigenvalue weighted by Gasteiger charge is 2.67. The SMILES string of the molecule is CCCCCCCCCCN(C)C.O=S(=O)(O)C(F)(F)C(F)(F)F. The van der Waals surface area contributed by atoms with Gasteiger partial charge in [0, 0.05) is 0 Å². The molecule has 0 radical (unpaired) electrons. The van der Waals surface area contributed by atoms with Crippen LogP contribution in [0, 0.1) is 0 Å².